The highest BCUT2D eigenvalue weighted by atomic mass is 16.5. The van der Waals surface area contributed by atoms with Crippen LogP contribution in [0.25, 0.3) is 0 Å². The summed E-state index contributed by atoms with van der Waals surface area (Å²) in [7, 11) is 0. The Bertz CT molecular complexity index is 579. The van der Waals surface area contributed by atoms with Gasteiger partial charge in [0.1, 0.15) is 16.9 Å². The maximum Gasteiger partial charge on any atom is 0.344 e. The molecule has 2 N–H and O–H groups in total. The third kappa shape index (κ3) is 4.73. The molecule has 0 saturated heterocycles. The van der Waals surface area contributed by atoms with E-state index in [0.29, 0.717) is 6.54 Å². The Balaban J connectivity index is 3.18. The Hall–Kier alpha value is -2.51. The van der Waals surface area contributed by atoms with Gasteiger partial charge in [0.2, 0.25) is 5.88 Å². The van der Waals surface area contributed by atoms with Crippen LogP contribution in [0.4, 0.5) is 10.7 Å². The molecule has 0 radical (unpaired) electrons. The van der Waals surface area contributed by atoms with Crippen molar-refractivity contribution in [3.8, 4) is 0 Å². The van der Waals surface area contributed by atoms with Gasteiger partial charge in [-0.3, -0.25) is 5.32 Å². The van der Waals surface area contributed by atoms with Crippen LogP contribution in [0, 0.1) is 6.92 Å². The topological polar surface area (TPSA) is 107 Å². The lowest BCUT2D eigenvalue weighted by Crippen LogP contribution is -2.29. The average molecular weight is 326 g/mol. The number of amides is 2. The third-order valence-corrected chi connectivity index (χ3v) is 2.81. The Morgan fingerprint density at radius 3 is 2.09 bits per heavy atom. The molecular weight excluding hydrogens is 304 g/mol. The molecule has 8 heteroatoms. The number of hydrogen-bond donors (Lipinski definition) is 2. The van der Waals surface area contributed by atoms with E-state index in [1.165, 1.54) is 6.92 Å². The molecular formula is C15H22N2O6. The zero-order valence-corrected chi connectivity index (χ0v) is 13.8. The molecule has 0 saturated carbocycles. The smallest absolute Gasteiger partial charge is 0.344 e. The Morgan fingerprint density at radius 1 is 1.00 bits per heavy atom. The van der Waals surface area contributed by atoms with Crippen LogP contribution in [0.3, 0.4) is 0 Å². The Morgan fingerprint density at radius 2 is 1.57 bits per heavy atom. The number of hydrogen-bond acceptors (Lipinski definition) is 6. The Labute approximate surface area is 134 Å². The fourth-order valence-corrected chi connectivity index (χ4v) is 1.87. The van der Waals surface area contributed by atoms with E-state index in [1.807, 2.05) is 6.92 Å². The molecule has 0 bridgehead atoms. The number of carbonyl (C=O) groups excluding carboxylic acids is 3. The van der Waals surface area contributed by atoms with Crippen molar-refractivity contribution >= 4 is 23.9 Å². The van der Waals surface area contributed by atoms with Crippen molar-refractivity contribution in [2.75, 3.05) is 25.1 Å². The van der Waals surface area contributed by atoms with E-state index < -0.39 is 18.0 Å². The summed E-state index contributed by atoms with van der Waals surface area (Å²) in [5, 5.41) is 5.00. The first-order valence-electron chi connectivity index (χ1n) is 7.48. The second kappa shape index (κ2) is 8.82. The fourth-order valence-electron chi connectivity index (χ4n) is 1.87. The summed E-state index contributed by atoms with van der Waals surface area (Å²) in [5.74, 6) is -1.45. The van der Waals surface area contributed by atoms with Gasteiger partial charge in [0.25, 0.3) is 0 Å². The number of carbonyl (C=O) groups is 3. The SMILES string of the molecule is CCCNC(=O)Nc1oc(C)c(C(=O)OCC)c1C(=O)OCC. The number of aryl methyl sites for hydroxylation is 1. The van der Waals surface area contributed by atoms with Gasteiger partial charge >= 0.3 is 18.0 Å². The molecule has 0 atom stereocenters. The van der Waals surface area contributed by atoms with E-state index in [9.17, 15) is 14.4 Å². The highest BCUT2D eigenvalue weighted by molar-refractivity contribution is 6.09. The predicted molar refractivity (Wildman–Crippen MR) is 82.7 cm³/mol. The summed E-state index contributed by atoms with van der Waals surface area (Å²) in [6.07, 6.45) is 0.753. The zero-order valence-electron chi connectivity index (χ0n) is 13.8. The van der Waals surface area contributed by atoms with Crippen LogP contribution in [0.15, 0.2) is 4.42 Å². The van der Waals surface area contributed by atoms with Gasteiger partial charge in [-0.25, -0.2) is 14.4 Å². The Kier molecular flexibility index (Phi) is 7.11. The van der Waals surface area contributed by atoms with Crippen LogP contribution in [-0.2, 0) is 9.47 Å². The highest BCUT2D eigenvalue weighted by Gasteiger charge is 2.31. The lowest BCUT2D eigenvalue weighted by molar-refractivity contribution is 0.0480. The van der Waals surface area contributed by atoms with E-state index in [2.05, 4.69) is 10.6 Å². The number of esters is 2. The van der Waals surface area contributed by atoms with Gasteiger partial charge in [-0.1, -0.05) is 6.92 Å². The minimum atomic E-state index is -0.766. The monoisotopic (exact) mass is 326 g/mol. The minimum Gasteiger partial charge on any atom is -0.462 e. The van der Waals surface area contributed by atoms with Crippen LogP contribution in [0.1, 0.15) is 53.7 Å². The highest BCUT2D eigenvalue weighted by Crippen LogP contribution is 2.28. The molecule has 0 unspecified atom stereocenters. The number of urea groups is 1. The van der Waals surface area contributed by atoms with Gasteiger partial charge in [-0.05, 0) is 27.2 Å². The lowest BCUT2D eigenvalue weighted by atomic mass is 10.1. The molecule has 0 aliphatic heterocycles. The van der Waals surface area contributed by atoms with Crippen molar-refractivity contribution in [3.63, 3.8) is 0 Å². The van der Waals surface area contributed by atoms with Crippen molar-refractivity contribution in [1.82, 2.24) is 5.32 Å². The first-order chi connectivity index (χ1) is 11.0. The third-order valence-electron chi connectivity index (χ3n) is 2.81. The van der Waals surface area contributed by atoms with E-state index in [1.54, 1.807) is 13.8 Å². The van der Waals surface area contributed by atoms with Crippen molar-refractivity contribution in [2.45, 2.75) is 34.1 Å². The van der Waals surface area contributed by atoms with Crippen LogP contribution in [-0.4, -0.2) is 37.7 Å². The summed E-state index contributed by atoms with van der Waals surface area (Å²) in [5.41, 5.74) is -0.189. The quantitative estimate of drug-likeness (QED) is 0.745. The molecule has 2 amide bonds. The number of ether oxygens (including phenoxy) is 2. The fraction of sp³-hybridized carbons (Fsp3) is 0.533. The zero-order chi connectivity index (χ0) is 17.4. The van der Waals surface area contributed by atoms with Crippen LogP contribution in [0.2, 0.25) is 0 Å². The normalized spacial score (nSPS) is 10.1. The average Bonchev–Trinajstić information content (AvgIpc) is 2.81. The van der Waals surface area contributed by atoms with E-state index >= 15 is 0 Å². The molecule has 1 aromatic rings. The van der Waals surface area contributed by atoms with Crippen LogP contribution >= 0.6 is 0 Å². The lowest BCUT2D eigenvalue weighted by Gasteiger charge is -2.07. The molecule has 1 rings (SSSR count). The first-order valence-corrected chi connectivity index (χ1v) is 7.48. The molecule has 0 fully saturated rings. The molecule has 23 heavy (non-hydrogen) atoms. The van der Waals surface area contributed by atoms with Crippen molar-refractivity contribution in [1.29, 1.82) is 0 Å². The van der Waals surface area contributed by atoms with Gasteiger partial charge < -0.3 is 19.2 Å². The largest absolute Gasteiger partial charge is 0.462 e. The van der Waals surface area contributed by atoms with Gasteiger partial charge in [-0.2, -0.15) is 0 Å². The maximum atomic E-state index is 12.1. The molecule has 0 aromatic carbocycles. The number of rotatable bonds is 7. The summed E-state index contributed by atoms with van der Waals surface area (Å²) < 4.78 is 15.2. The molecule has 8 nitrogen and oxygen atoms in total. The second-order valence-electron chi connectivity index (χ2n) is 4.56. The summed E-state index contributed by atoms with van der Waals surface area (Å²) in [6, 6.07) is -0.540. The predicted octanol–water partition coefficient (Wildman–Crippen LogP) is 2.47. The standard InChI is InChI=1S/C15H22N2O6/c1-5-8-16-15(20)17-12-11(14(19)22-7-3)10(9(4)23-12)13(18)21-6-2/h5-8H2,1-4H3,(H2,16,17,20). The minimum absolute atomic E-state index is 0.0453. The molecule has 1 aromatic heterocycles. The number of nitrogens with one attached hydrogen (secondary N) is 2. The van der Waals surface area contributed by atoms with Crippen molar-refractivity contribution in [3.05, 3.63) is 16.9 Å². The summed E-state index contributed by atoms with van der Waals surface area (Å²) >= 11 is 0. The van der Waals surface area contributed by atoms with Gasteiger partial charge in [0.05, 0.1) is 13.2 Å². The molecule has 0 aliphatic carbocycles. The molecule has 1 heterocycles. The maximum absolute atomic E-state index is 12.1. The summed E-state index contributed by atoms with van der Waals surface area (Å²) in [6.45, 7) is 7.41. The van der Waals surface area contributed by atoms with Crippen molar-refractivity contribution in [2.24, 2.45) is 0 Å². The van der Waals surface area contributed by atoms with Crippen LogP contribution in [0.5, 0.6) is 0 Å². The van der Waals surface area contributed by atoms with Crippen LogP contribution < -0.4 is 10.6 Å². The van der Waals surface area contributed by atoms with Gasteiger partial charge in [0, 0.05) is 6.54 Å². The second-order valence-corrected chi connectivity index (χ2v) is 4.56. The van der Waals surface area contributed by atoms with Gasteiger partial charge in [-0.15, -0.1) is 0 Å². The van der Waals surface area contributed by atoms with Crippen molar-refractivity contribution < 1.29 is 28.3 Å². The first kappa shape index (κ1) is 18.5. The molecule has 0 spiro atoms. The van der Waals surface area contributed by atoms with E-state index in [-0.39, 0.29) is 36.0 Å². The molecule has 0 aliphatic rings. The number of furan rings is 1. The van der Waals surface area contributed by atoms with E-state index in [0.717, 1.165) is 6.42 Å². The van der Waals surface area contributed by atoms with Gasteiger partial charge in [0.15, 0.2) is 0 Å². The molecule has 128 valence electrons. The number of anilines is 1. The summed E-state index contributed by atoms with van der Waals surface area (Å²) in [4.78, 5) is 36.0. The van der Waals surface area contributed by atoms with E-state index in [4.69, 9.17) is 13.9 Å².